The van der Waals surface area contributed by atoms with Gasteiger partial charge in [0.1, 0.15) is 19.0 Å². The lowest BCUT2D eigenvalue weighted by molar-refractivity contribution is -0.113. The van der Waals surface area contributed by atoms with Crippen LogP contribution in [-0.2, 0) is 4.79 Å². The van der Waals surface area contributed by atoms with Crippen LogP contribution in [0.1, 0.15) is 0 Å². The highest BCUT2D eigenvalue weighted by atomic mass is 32.2. The summed E-state index contributed by atoms with van der Waals surface area (Å²) in [4.78, 5) is 29.2. The molecule has 1 aliphatic rings. The minimum Gasteiger partial charge on any atom is -0.486 e. The van der Waals surface area contributed by atoms with Gasteiger partial charge in [-0.25, -0.2) is 14.2 Å². The van der Waals surface area contributed by atoms with Gasteiger partial charge in [-0.3, -0.25) is 4.79 Å². The third-order valence-electron chi connectivity index (χ3n) is 4.88. The van der Waals surface area contributed by atoms with E-state index in [1.165, 1.54) is 47.4 Å². The van der Waals surface area contributed by atoms with Gasteiger partial charge >= 0.3 is 6.03 Å². The Morgan fingerprint density at radius 2 is 1.57 bits per heavy atom. The Balaban J connectivity index is 1.17. The number of thiazole rings is 1. The molecule has 35 heavy (non-hydrogen) atoms. The summed E-state index contributed by atoms with van der Waals surface area (Å²) in [6.45, 7) is 0.973. The van der Waals surface area contributed by atoms with E-state index in [-0.39, 0.29) is 17.5 Å². The first-order valence-corrected chi connectivity index (χ1v) is 12.4. The number of hydrogen-bond acceptors (Lipinski definition) is 7. The zero-order valence-corrected chi connectivity index (χ0v) is 19.8. The van der Waals surface area contributed by atoms with E-state index in [2.05, 4.69) is 20.9 Å². The number of thioether (sulfide) groups is 1. The highest BCUT2D eigenvalue weighted by molar-refractivity contribution is 8.01. The molecular formula is C24H19FN4O4S2. The Morgan fingerprint density at radius 1 is 0.886 bits per heavy atom. The number of rotatable bonds is 6. The number of halogens is 1. The molecule has 3 aromatic carbocycles. The second-order valence-electron chi connectivity index (χ2n) is 7.44. The molecule has 0 aliphatic carbocycles. The van der Waals surface area contributed by atoms with Crippen molar-refractivity contribution in [3.63, 3.8) is 0 Å². The van der Waals surface area contributed by atoms with Crippen LogP contribution in [0, 0.1) is 5.82 Å². The van der Waals surface area contributed by atoms with Crippen LogP contribution in [0.25, 0.3) is 10.2 Å². The Bertz CT molecular complexity index is 1390. The van der Waals surface area contributed by atoms with Crippen molar-refractivity contribution in [1.82, 2.24) is 4.98 Å². The normalized spacial score (nSPS) is 12.3. The fourth-order valence-corrected chi connectivity index (χ4v) is 5.22. The van der Waals surface area contributed by atoms with Gasteiger partial charge < -0.3 is 25.4 Å². The molecule has 1 aliphatic heterocycles. The molecule has 0 bridgehead atoms. The van der Waals surface area contributed by atoms with Crippen molar-refractivity contribution in [2.75, 3.05) is 34.9 Å². The van der Waals surface area contributed by atoms with Gasteiger partial charge in [0.25, 0.3) is 0 Å². The SMILES string of the molecule is O=C(CSc1nc2ccc(NC(=O)Nc3ccc4c(c3)OCCO4)cc2s1)Nc1ccc(F)cc1. The minimum atomic E-state index is -0.391. The monoisotopic (exact) mass is 510 g/mol. The van der Waals surface area contributed by atoms with Crippen LogP contribution in [0.15, 0.2) is 65.0 Å². The highest BCUT2D eigenvalue weighted by Gasteiger charge is 2.14. The Morgan fingerprint density at radius 3 is 2.37 bits per heavy atom. The number of amides is 3. The van der Waals surface area contributed by atoms with Crippen molar-refractivity contribution < 1.29 is 23.5 Å². The van der Waals surface area contributed by atoms with E-state index in [1.54, 1.807) is 24.3 Å². The molecule has 2 heterocycles. The first-order valence-electron chi connectivity index (χ1n) is 10.6. The summed E-state index contributed by atoms with van der Waals surface area (Å²) in [6.07, 6.45) is 0. The van der Waals surface area contributed by atoms with Gasteiger partial charge in [0, 0.05) is 23.1 Å². The second kappa shape index (κ2) is 10.2. The van der Waals surface area contributed by atoms with E-state index in [0.29, 0.717) is 41.8 Å². The number of anilines is 3. The maximum atomic E-state index is 13.0. The third-order valence-corrected chi connectivity index (χ3v) is 7.04. The molecule has 178 valence electrons. The number of benzene rings is 3. The van der Waals surface area contributed by atoms with Gasteiger partial charge in [-0.05, 0) is 54.6 Å². The molecule has 4 aromatic rings. The number of aromatic nitrogens is 1. The van der Waals surface area contributed by atoms with Crippen LogP contribution in [0.4, 0.5) is 26.2 Å². The molecule has 0 saturated carbocycles. The molecule has 0 atom stereocenters. The number of fused-ring (bicyclic) bond motifs is 2. The van der Waals surface area contributed by atoms with E-state index in [4.69, 9.17) is 9.47 Å². The average Bonchev–Trinajstić information content (AvgIpc) is 3.26. The number of ether oxygens (including phenoxy) is 2. The average molecular weight is 511 g/mol. The molecule has 3 amide bonds. The van der Waals surface area contributed by atoms with Crippen molar-refractivity contribution in [3.05, 3.63) is 66.5 Å². The Kier molecular flexibility index (Phi) is 6.68. The lowest BCUT2D eigenvalue weighted by Gasteiger charge is -2.19. The molecule has 8 nitrogen and oxygen atoms in total. The summed E-state index contributed by atoms with van der Waals surface area (Å²) >= 11 is 2.74. The van der Waals surface area contributed by atoms with E-state index in [0.717, 1.165) is 14.6 Å². The topological polar surface area (TPSA) is 102 Å². The maximum absolute atomic E-state index is 13.0. The molecule has 0 spiro atoms. The van der Waals surface area contributed by atoms with Crippen molar-refractivity contribution >= 4 is 62.3 Å². The first kappa shape index (κ1) is 22.9. The molecule has 3 N–H and O–H groups in total. The molecule has 0 radical (unpaired) electrons. The van der Waals surface area contributed by atoms with Gasteiger partial charge in [0.2, 0.25) is 5.91 Å². The molecule has 1 aromatic heterocycles. The minimum absolute atomic E-state index is 0.167. The van der Waals surface area contributed by atoms with Crippen LogP contribution in [0.3, 0.4) is 0 Å². The van der Waals surface area contributed by atoms with Crippen LogP contribution in [0.2, 0.25) is 0 Å². The van der Waals surface area contributed by atoms with E-state index in [1.807, 2.05) is 12.1 Å². The van der Waals surface area contributed by atoms with E-state index in [9.17, 15) is 14.0 Å². The summed E-state index contributed by atoms with van der Waals surface area (Å²) in [7, 11) is 0. The largest absolute Gasteiger partial charge is 0.486 e. The fraction of sp³-hybridized carbons (Fsp3) is 0.125. The second-order valence-corrected chi connectivity index (χ2v) is 9.70. The summed E-state index contributed by atoms with van der Waals surface area (Å²) in [5.74, 6) is 0.844. The number of carbonyl (C=O) groups is 2. The molecular weight excluding hydrogens is 491 g/mol. The summed E-state index contributed by atoms with van der Waals surface area (Å²) < 4.78 is 25.6. The number of hydrogen-bond donors (Lipinski definition) is 3. The Hall–Kier alpha value is -3.83. The summed E-state index contributed by atoms with van der Waals surface area (Å²) in [5.41, 5.74) is 2.51. The van der Waals surface area contributed by atoms with Crippen LogP contribution >= 0.6 is 23.1 Å². The van der Waals surface area contributed by atoms with Crippen molar-refractivity contribution in [2.45, 2.75) is 4.34 Å². The molecule has 0 unspecified atom stereocenters. The quantitative estimate of drug-likeness (QED) is 0.293. The Labute approximate surface area is 207 Å². The number of urea groups is 1. The number of nitrogens with one attached hydrogen (secondary N) is 3. The van der Waals surface area contributed by atoms with Crippen LogP contribution in [0.5, 0.6) is 11.5 Å². The number of carbonyl (C=O) groups excluding carboxylic acids is 2. The fourth-order valence-electron chi connectivity index (χ4n) is 3.32. The predicted molar refractivity (Wildman–Crippen MR) is 135 cm³/mol. The lowest BCUT2D eigenvalue weighted by Crippen LogP contribution is -2.20. The van der Waals surface area contributed by atoms with Crippen LogP contribution in [-0.4, -0.2) is 35.9 Å². The van der Waals surface area contributed by atoms with Gasteiger partial charge in [0.05, 0.1) is 16.0 Å². The number of nitrogens with zero attached hydrogens (tertiary/aromatic N) is 1. The smallest absolute Gasteiger partial charge is 0.323 e. The zero-order valence-electron chi connectivity index (χ0n) is 18.2. The van der Waals surface area contributed by atoms with E-state index < -0.39 is 6.03 Å². The molecule has 11 heteroatoms. The predicted octanol–water partition coefficient (Wildman–Crippen LogP) is 5.58. The molecule has 0 fully saturated rings. The lowest BCUT2D eigenvalue weighted by atomic mass is 10.2. The van der Waals surface area contributed by atoms with Gasteiger partial charge in [0.15, 0.2) is 15.8 Å². The van der Waals surface area contributed by atoms with Crippen molar-refractivity contribution in [2.24, 2.45) is 0 Å². The summed E-state index contributed by atoms with van der Waals surface area (Å²) in [5, 5.41) is 8.32. The first-order chi connectivity index (χ1) is 17.0. The summed E-state index contributed by atoms with van der Waals surface area (Å²) in [6, 6.07) is 15.8. The van der Waals surface area contributed by atoms with Gasteiger partial charge in [-0.15, -0.1) is 11.3 Å². The third kappa shape index (κ3) is 5.81. The van der Waals surface area contributed by atoms with Crippen molar-refractivity contribution in [1.29, 1.82) is 0 Å². The zero-order chi connectivity index (χ0) is 24.2. The van der Waals surface area contributed by atoms with Gasteiger partial charge in [-0.2, -0.15) is 0 Å². The molecule has 0 saturated heterocycles. The maximum Gasteiger partial charge on any atom is 0.323 e. The standard InChI is InChI=1S/C24H19FN4O4S2/c25-14-1-3-15(4-2-14)26-22(30)13-34-24-29-18-7-5-17(12-21(18)35-24)28-23(31)27-16-6-8-19-20(11-16)33-10-9-32-19/h1-8,11-12H,9-10,13H2,(H,26,30)(H2,27,28,31). The van der Waals surface area contributed by atoms with Crippen molar-refractivity contribution in [3.8, 4) is 11.5 Å². The highest BCUT2D eigenvalue weighted by Crippen LogP contribution is 2.33. The van der Waals surface area contributed by atoms with Gasteiger partial charge in [-0.1, -0.05) is 11.8 Å². The van der Waals surface area contributed by atoms with Crippen LogP contribution < -0.4 is 25.4 Å². The van der Waals surface area contributed by atoms with E-state index >= 15 is 0 Å². The molecule has 5 rings (SSSR count).